The fraction of sp³-hybridized carbons (Fsp3) is 0.571. The lowest BCUT2D eigenvalue weighted by Gasteiger charge is -2.20. The van der Waals surface area contributed by atoms with E-state index in [9.17, 15) is 4.79 Å². The molecule has 5 heteroatoms. The van der Waals surface area contributed by atoms with Gasteiger partial charge < -0.3 is 11.1 Å². The SMILES string of the molecule is Cl.Nc1ccc(NC(=O)CC2CC3CCC2C3)cn1. The minimum Gasteiger partial charge on any atom is -0.384 e. The number of anilines is 2. The number of halogens is 1. The normalized spacial score (nSPS) is 27.9. The van der Waals surface area contributed by atoms with Crippen molar-refractivity contribution in [1.82, 2.24) is 4.98 Å². The van der Waals surface area contributed by atoms with Gasteiger partial charge in [0.15, 0.2) is 0 Å². The van der Waals surface area contributed by atoms with Gasteiger partial charge in [-0.3, -0.25) is 4.79 Å². The molecule has 2 saturated carbocycles. The van der Waals surface area contributed by atoms with Crippen LogP contribution < -0.4 is 11.1 Å². The number of aromatic nitrogens is 1. The van der Waals surface area contributed by atoms with Crippen molar-refractivity contribution < 1.29 is 4.79 Å². The molecule has 3 N–H and O–H groups in total. The Morgan fingerprint density at radius 2 is 2.21 bits per heavy atom. The molecule has 2 fully saturated rings. The minimum absolute atomic E-state index is 0. The smallest absolute Gasteiger partial charge is 0.224 e. The van der Waals surface area contributed by atoms with Crippen LogP contribution in [0.25, 0.3) is 0 Å². The maximum absolute atomic E-state index is 12.0. The lowest BCUT2D eigenvalue weighted by Crippen LogP contribution is -2.20. The van der Waals surface area contributed by atoms with Crippen LogP contribution in [0.2, 0.25) is 0 Å². The van der Waals surface area contributed by atoms with Crippen molar-refractivity contribution in [3.63, 3.8) is 0 Å². The second kappa shape index (κ2) is 5.78. The highest BCUT2D eigenvalue weighted by Crippen LogP contribution is 2.49. The van der Waals surface area contributed by atoms with Crippen LogP contribution in [0.4, 0.5) is 11.5 Å². The first kappa shape index (κ1) is 14.1. The molecule has 1 amide bonds. The summed E-state index contributed by atoms with van der Waals surface area (Å²) in [5.41, 5.74) is 6.24. The zero-order valence-electron chi connectivity index (χ0n) is 10.8. The number of rotatable bonds is 3. The van der Waals surface area contributed by atoms with E-state index in [1.165, 1.54) is 25.7 Å². The second-order valence-electron chi connectivity index (χ2n) is 5.66. The lowest BCUT2D eigenvalue weighted by atomic mass is 9.86. The third-order valence-electron chi connectivity index (χ3n) is 4.40. The Hall–Kier alpha value is -1.29. The van der Waals surface area contributed by atoms with Crippen molar-refractivity contribution >= 4 is 29.8 Å². The minimum atomic E-state index is 0. The predicted molar refractivity (Wildman–Crippen MR) is 78.1 cm³/mol. The second-order valence-corrected chi connectivity index (χ2v) is 5.66. The van der Waals surface area contributed by atoms with E-state index < -0.39 is 0 Å². The van der Waals surface area contributed by atoms with Gasteiger partial charge in [0.2, 0.25) is 5.91 Å². The van der Waals surface area contributed by atoms with Gasteiger partial charge in [0.25, 0.3) is 0 Å². The van der Waals surface area contributed by atoms with Gasteiger partial charge in [-0.25, -0.2) is 4.98 Å². The molecule has 19 heavy (non-hydrogen) atoms. The Bertz CT molecular complexity index is 449. The summed E-state index contributed by atoms with van der Waals surface area (Å²) in [7, 11) is 0. The van der Waals surface area contributed by atoms with Crippen LogP contribution in [0.5, 0.6) is 0 Å². The molecule has 0 aromatic carbocycles. The fourth-order valence-electron chi connectivity index (χ4n) is 3.56. The van der Waals surface area contributed by atoms with Gasteiger partial charge in [-0.05, 0) is 49.1 Å². The molecule has 1 heterocycles. The third-order valence-corrected chi connectivity index (χ3v) is 4.40. The van der Waals surface area contributed by atoms with Gasteiger partial charge in [0, 0.05) is 6.42 Å². The number of fused-ring (bicyclic) bond motifs is 2. The molecule has 3 unspecified atom stereocenters. The number of carbonyl (C=O) groups excluding carboxylic acids is 1. The van der Waals surface area contributed by atoms with Crippen LogP contribution in [0.15, 0.2) is 18.3 Å². The molecule has 104 valence electrons. The van der Waals surface area contributed by atoms with Gasteiger partial charge in [0.1, 0.15) is 5.82 Å². The maximum atomic E-state index is 12.0. The molecule has 2 aliphatic rings. The van der Waals surface area contributed by atoms with Crippen LogP contribution in [-0.2, 0) is 4.79 Å². The predicted octanol–water partition coefficient (Wildman–Crippen LogP) is 2.85. The van der Waals surface area contributed by atoms with Gasteiger partial charge in [0.05, 0.1) is 11.9 Å². The van der Waals surface area contributed by atoms with E-state index in [-0.39, 0.29) is 18.3 Å². The molecule has 2 bridgehead atoms. The van der Waals surface area contributed by atoms with Crippen molar-refractivity contribution in [1.29, 1.82) is 0 Å². The number of nitrogens with two attached hydrogens (primary N) is 1. The molecular weight excluding hydrogens is 262 g/mol. The van der Waals surface area contributed by atoms with Crippen molar-refractivity contribution in [3.05, 3.63) is 18.3 Å². The maximum Gasteiger partial charge on any atom is 0.224 e. The molecule has 1 aromatic heterocycles. The molecule has 0 spiro atoms. The molecule has 4 nitrogen and oxygen atoms in total. The Labute approximate surface area is 119 Å². The van der Waals surface area contributed by atoms with Gasteiger partial charge >= 0.3 is 0 Å². The first-order chi connectivity index (χ1) is 8.70. The summed E-state index contributed by atoms with van der Waals surface area (Å²) in [6.07, 6.45) is 7.57. The average molecular weight is 282 g/mol. The molecule has 1 aromatic rings. The van der Waals surface area contributed by atoms with E-state index in [1.807, 2.05) is 0 Å². The van der Waals surface area contributed by atoms with E-state index in [4.69, 9.17) is 5.73 Å². The van der Waals surface area contributed by atoms with Crippen molar-refractivity contribution in [2.24, 2.45) is 17.8 Å². The highest BCUT2D eigenvalue weighted by molar-refractivity contribution is 5.90. The first-order valence-electron chi connectivity index (χ1n) is 6.72. The topological polar surface area (TPSA) is 68.0 Å². The van der Waals surface area contributed by atoms with Crippen LogP contribution >= 0.6 is 12.4 Å². The van der Waals surface area contributed by atoms with Crippen LogP contribution in [0.3, 0.4) is 0 Å². The van der Waals surface area contributed by atoms with Crippen LogP contribution in [0.1, 0.15) is 32.1 Å². The monoisotopic (exact) mass is 281 g/mol. The number of hydrogen-bond donors (Lipinski definition) is 2. The number of carbonyl (C=O) groups is 1. The third kappa shape index (κ3) is 3.18. The molecule has 0 saturated heterocycles. The summed E-state index contributed by atoms with van der Waals surface area (Å²) in [5, 5.41) is 2.90. The molecule has 0 radical (unpaired) electrons. The summed E-state index contributed by atoms with van der Waals surface area (Å²) in [6.45, 7) is 0. The summed E-state index contributed by atoms with van der Waals surface area (Å²) < 4.78 is 0. The highest BCUT2D eigenvalue weighted by atomic mass is 35.5. The number of pyridine rings is 1. The average Bonchev–Trinajstić information content (AvgIpc) is 2.94. The number of nitrogens with one attached hydrogen (secondary N) is 1. The van der Waals surface area contributed by atoms with Crippen LogP contribution in [-0.4, -0.2) is 10.9 Å². The van der Waals surface area contributed by atoms with Gasteiger partial charge in [-0.2, -0.15) is 0 Å². The van der Waals surface area contributed by atoms with E-state index >= 15 is 0 Å². The Balaban J connectivity index is 0.00000133. The van der Waals surface area contributed by atoms with Crippen molar-refractivity contribution in [2.75, 3.05) is 11.1 Å². The summed E-state index contributed by atoms with van der Waals surface area (Å²) in [4.78, 5) is 15.9. The molecule has 3 rings (SSSR count). The molecule has 3 atom stereocenters. The Kier molecular flexibility index (Phi) is 4.30. The summed E-state index contributed by atoms with van der Waals surface area (Å²) in [6, 6.07) is 3.49. The standard InChI is InChI=1S/C14H19N3O.ClH/c15-13-4-3-12(8-16-13)17-14(18)7-11-6-9-1-2-10(11)5-9;/h3-4,8-11H,1-2,5-7H2,(H2,15,16)(H,17,18);1H. The van der Waals surface area contributed by atoms with E-state index in [2.05, 4.69) is 10.3 Å². The number of hydrogen-bond acceptors (Lipinski definition) is 3. The molecular formula is C14H20ClN3O. The molecule has 0 aliphatic heterocycles. The number of nitrogens with zero attached hydrogens (tertiary/aromatic N) is 1. The van der Waals surface area contributed by atoms with Gasteiger partial charge in [-0.15, -0.1) is 12.4 Å². The van der Waals surface area contributed by atoms with Crippen molar-refractivity contribution in [2.45, 2.75) is 32.1 Å². The van der Waals surface area contributed by atoms with E-state index in [0.29, 0.717) is 18.2 Å². The summed E-state index contributed by atoms with van der Waals surface area (Å²) >= 11 is 0. The Morgan fingerprint density at radius 3 is 2.79 bits per heavy atom. The van der Waals surface area contributed by atoms with E-state index in [1.54, 1.807) is 18.3 Å². The van der Waals surface area contributed by atoms with Gasteiger partial charge in [-0.1, -0.05) is 6.42 Å². The quantitative estimate of drug-likeness (QED) is 0.895. The first-order valence-corrected chi connectivity index (χ1v) is 6.72. The van der Waals surface area contributed by atoms with Crippen LogP contribution in [0, 0.1) is 17.8 Å². The van der Waals surface area contributed by atoms with Crippen molar-refractivity contribution in [3.8, 4) is 0 Å². The van der Waals surface area contributed by atoms with E-state index in [0.717, 1.165) is 17.5 Å². The fourth-order valence-corrected chi connectivity index (χ4v) is 3.56. The largest absolute Gasteiger partial charge is 0.384 e. The lowest BCUT2D eigenvalue weighted by molar-refractivity contribution is -0.117. The zero-order valence-corrected chi connectivity index (χ0v) is 11.7. The Morgan fingerprint density at radius 1 is 1.37 bits per heavy atom. The number of amides is 1. The highest BCUT2D eigenvalue weighted by Gasteiger charge is 2.40. The zero-order chi connectivity index (χ0) is 12.5. The molecule has 2 aliphatic carbocycles. The summed E-state index contributed by atoms with van der Waals surface area (Å²) in [5.74, 6) is 2.88. The number of nitrogen functional groups attached to an aromatic ring is 1.